The molecule has 0 aromatic carbocycles. The summed E-state index contributed by atoms with van der Waals surface area (Å²) in [6.45, 7) is 1.82. The third-order valence-electron chi connectivity index (χ3n) is 1.93. The zero-order chi connectivity index (χ0) is 10.6. The van der Waals surface area contributed by atoms with Crippen LogP contribution in [0.25, 0.3) is 0 Å². The minimum atomic E-state index is -1.12. The van der Waals surface area contributed by atoms with E-state index in [1.807, 2.05) is 0 Å². The molecule has 0 amide bonds. The largest absolute Gasteiger partial charge is 0.495 e. The highest BCUT2D eigenvalue weighted by Gasteiger charge is 2.28. The van der Waals surface area contributed by atoms with E-state index in [-0.39, 0.29) is 6.61 Å². The van der Waals surface area contributed by atoms with Crippen molar-refractivity contribution in [1.82, 2.24) is 4.98 Å². The SMILES string of the molecule is COCC(C)(O)c1ncccc1OC. The normalized spacial score (nSPS) is 14.9. The summed E-state index contributed by atoms with van der Waals surface area (Å²) in [5, 5.41) is 10.0. The van der Waals surface area contributed by atoms with Gasteiger partial charge in [-0.2, -0.15) is 0 Å². The first kappa shape index (κ1) is 10.9. The fraction of sp³-hybridized carbons (Fsp3) is 0.500. The molecule has 0 aliphatic heterocycles. The van der Waals surface area contributed by atoms with E-state index >= 15 is 0 Å². The highest BCUT2D eigenvalue weighted by molar-refractivity contribution is 5.31. The van der Waals surface area contributed by atoms with Gasteiger partial charge in [0.2, 0.25) is 0 Å². The lowest BCUT2D eigenvalue weighted by Gasteiger charge is -2.23. The summed E-state index contributed by atoms with van der Waals surface area (Å²) in [4.78, 5) is 4.08. The number of hydrogen-bond donors (Lipinski definition) is 1. The summed E-state index contributed by atoms with van der Waals surface area (Å²) in [5.41, 5.74) is -0.634. The van der Waals surface area contributed by atoms with Gasteiger partial charge in [-0.05, 0) is 19.1 Å². The smallest absolute Gasteiger partial charge is 0.143 e. The van der Waals surface area contributed by atoms with Crippen molar-refractivity contribution in [3.05, 3.63) is 24.0 Å². The van der Waals surface area contributed by atoms with Gasteiger partial charge in [-0.1, -0.05) is 0 Å². The molecule has 0 spiro atoms. The average molecular weight is 197 g/mol. The van der Waals surface area contributed by atoms with Gasteiger partial charge < -0.3 is 14.6 Å². The number of pyridine rings is 1. The van der Waals surface area contributed by atoms with Crippen LogP contribution in [0.15, 0.2) is 18.3 Å². The van der Waals surface area contributed by atoms with E-state index in [4.69, 9.17) is 9.47 Å². The first-order valence-electron chi connectivity index (χ1n) is 4.32. The van der Waals surface area contributed by atoms with Crippen molar-refractivity contribution in [3.8, 4) is 5.75 Å². The monoisotopic (exact) mass is 197 g/mol. The van der Waals surface area contributed by atoms with Crippen LogP contribution < -0.4 is 4.74 Å². The van der Waals surface area contributed by atoms with Crippen molar-refractivity contribution >= 4 is 0 Å². The van der Waals surface area contributed by atoms with Gasteiger partial charge in [-0.25, -0.2) is 0 Å². The van der Waals surface area contributed by atoms with Crippen molar-refractivity contribution in [2.75, 3.05) is 20.8 Å². The Hall–Kier alpha value is -1.13. The number of nitrogens with zero attached hydrogens (tertiary/aromatic N) is 1. The zero-order valence-corrected chi connectivity index (χ0v) is 8.65. The minimum Gasteiger partial charge on any atom is -0.495 e. The van der Waals surface area contributed by atoms with Crippen LogP contribution in [-0.2, 0) is 10.3 Å². The third kappa shape index (κ3) is 2.21. The summed E-state index contributed by atoms with van der Waals surface area (Å²) in [5.74, 6) is 0.564. The molecule has 1 N–H and O–H groups in total. The van der Waals surface area contributed by atoms with Crippen LogP contribution in [0.2, 0.25) is 0 Å². The van der Waals surface area contributed by atoms with Gasteiger partial charge in [0, 0.05) is 13.3 Å². The summed E-state index contributed by atoms with van der Waals surface area (Å²) >= 11 is 0. The van der Waals surface area contributed by atoms with Crippen LogP contribution in [0, 0.1) is 0 Å². The fourth-order valence-electron chi connectivity index (χ4n) is 1.31. The minimum absolute atomic E-state index is 0.181. The standard InChI is InChI=1S/C10H15NO3/c1-10(12,7-13-2)9-8(14-3)5-4-6-11-9/h4-6,12H,7H2,1-3H3. The van der Waals surface area contributed by atoms with Crippen molar-refractivity contribution in [3.63, 3.8) is 0 Å². The van der Waals surface area contributed by atoms with Gasteiger partial charge in [-0.3, -0.25) is 4.98 Å². The van der Waals surface area contributed by atoms with E-state index in [9.17, 15) is 5.11 Å². The Morgan fingerprint density at radius 1 is 1.50 bits per heavy atom. The van der Waals surface area contributed by atoms with E-state index in [0.29, 0.717) is 11.4 Å². The average Bonchev–Trinajstić information content (AvgIpc) is 2.18. The van der Waals surface area contributed by atoms with Crippen molar-refractivity contribution in [1.29, 1.82) is 0 Å². The maximum atomic E-state index is 10.0. The number of aliphatic hydroxyl groups is 1. The number of aromatic nitrogens is 1. The van der Waals surface area contributed by atoms with Crippen LogP contribution in [0.5, 0.6) is 5.75 Å². The Morgan fingerprint density at radius 2 is 2.21 bits per heavy atom. The van der Waals surface area contributed by atoms with Gasteiger partial charge in [-0.15, -0.1) is 0 Å². The Labute approximate surface area is 83.5 Å². The second kappa shape index (κ2) is 4.39. The van der Waals surface area contributed by atoms with Crippen molar-refractivity contribution in [2.45, 2.75) is 12.5 Å². The quantitative estimate of drug-likeness (QED) is 0.780. The molecule has 1 unspecified atom stereocenters. The summed E-state index contributed by atoms with van der Waals surface area (Å²) in [7, 11) is 3.08. The second-order valence-electron chi connectivity index (χ2n) is 3.26. The van der Waals surface area contributed by atoms with E-state index in [2.05, 4.69) is 4.98 Å². The van der Waals surface area contributed by atoms with Crippen molar-refractivity contribution in [2.24, 2.45) is 0 Å². The number of rotatable bonds is 4. The second-order valence-corrected chi connectivity index (χ2v) is 3.26. The molecule has 0 fully saturated rings. The Bertz CT molecular complexity index is 299. The summed E-state index contributed by atoms with van der Waals surface area (Å²) in [6, 6.07) is 3.51. The molecule has 0 aliphatic rings. The van der Waals surface area contributed by atoms with Gasteiger partial charge >= 0.3 is 0 Å². The highest BCUT2D eigenvalue weighted by atomic mass is 16.5. The Kier molecular flexibility index (Phi) is 3.43. The van der Waals surface area contributed by atoms with Crippen LogP contribution in [0.3, 0.4) is 0 Å². The lowest BCUT2D eigenvalue weighted by atomic mass is 10.0. The Balaban J connectivity index is 3.04. The van der Waals surface area contributed by atoms with E-state index in [1.165, 1.54) is 7.11 Å². The molecule has 4 nitrogen and oxygen atoms in total. The van der Waals surface area contributed by atoms with Crippen LogP contribution in [0.4, 0.5) is 0 Å². The third-order valence-corrected chi connectivity index (χ3v) is 1.93. The van der Waals surface area contributed by atoms with Gasteiger partial charge in [0.25, 0.3) is 0 Å². The van der Waals surface area contributed by atoms with Gasteiger partial charge in [0.15, 0.2) is 0 Å². The first-order chi connectivity index (χ1) is 6.61. The summed E-state index contributed by atoms with van der Waals surface area (Å²) in [6.07, 6.45) is 1.61. The van der Waals surface area contributed by atoms with E-state index < -0.39 is 5.60 Å². The lowest BCUT2D eigenvalue weighted by Crippen LogP contribution is -2.28. The number of ether oxygens (including phenoxy) is 2. The molecule has 0 bridgehead atoms. The predicted molar refractivity (Wildman–Crippen MR) is 52.2 cm³/mol. The molecule has 1 heterocycles. The molecule has 1 aromatic heterocycles. The molecule has 0 saturated carbocycles. The zero-order valence-electron chi connectivity index (χ0n) is 8.65. The van der Waals surface area contributed by atoms with Crippen molar-refractivity contribution < 1.29 is 14.6 Å². The predicted octanol–water partition coefficient (Wildman–Crippen LogP) is 0.944. The molecule has 4 heteroatoms. The van der Waals surface area contributed by atoms with E-state index in [0.717, 1.165) is 0 Å². The van der Waals surface area contributed by atoms with Crippen LogP contribution >= 0.6 is 0 Å². The summed E-state index contributed by atoms with van der Waals surface area (Å²) < 4.78 is 10.0. The van der Waals surface area contributed by atoms with Crippen LogP contribution in [0.1, 0.15) is 12.6 Å². The Morgan fingerprint density at radius 3 is 2.79 bits per heavy atom. The molecular formula is C10H15NO3. The molecule has 0 radical (unpaired) electrons. The highest BCUT2D eigenvalue weighted by Crippen LogP contribution is 2.27. The molecule has 0 aliphatic carbocycles. The molecule has 1 aromatic rings. The lowest BCUT2D eigenvalue weighted by molar-refractivity contribution is -0.0255. The van der Waals surface area contributed by atoms with E-state index in [1.54, 1.807) is 32.4 Å². The van der Waals surface area contributed by atoms with Gasteiger partial charge in [0.1, 0.15) is 17.0 Å². The number of methoxy groups -OCH3 is 2. The molecule has 78 valence electrons. The molecule has 14 heavy (non-hydrogen) atoms. The van der Waals surface area contributed by atoms with Gasteiger partial charge in [0.05, 0.1) is 13.7 Å². The molecular weight excluding hydrogens is 182 g/mol. The molecule has 0 saturated heterocycles. The molecule has 1 atom stereocenters. The first-order valence-corrected chi connectivity index (χ1v) is 4.32. The maximum absolute atomic E-state index is 10.0. The topological polar surface area (TPSA) is 51.6 Å². The maximum Gasteiger partial charge on any atom is 0.143 e. The number of hydrogen-bond acceptors (Lipinski definition) is 4. The fourth-order valence-corrected chi connectivity index (χ4v) is 1.31. The van der Waals surface area contributed by atoms with Crippen LogP contribution in [-0.4, -0.2) is 30.9 Å². The molecule has 1 rings (SSSR count).